The molecule has 2 aliphatic rings. The number of piperidine rings is 1. The summed E-state index contributed by atoms with van der Waals surface area (Å²) in [5.74, 6) is 0.133. The lowest BCUT2D eigenvalue weighted by Crippen LogP contribution is -2.38. The van der Waals surface area contributed by atoms with E-state index in [0.717, 1.165) is 63.3 Å². The second-order valence-corrected chi connectivity index (χ2v) is 8.17. The molecule has 0 bridgehead atoms. The molecule has 0 saturated carbocycles. The average Bonchev–Trinajstić information content (AvgIpc) is 3.34. The fourth-order valence-corrected chi connectivity index (χ4v) is 4.68. The summed E-state index contributed by atoms with van der Waals surface area (Å²) < 4.78 is 2.05. The van der Waals surface area contributed by atoms with E-state index in [2.05, 4.69) is 17.2 Å². The topological polar surface area (TPSA) is 63.1 Å². The Labute approximate surface area is 158 Å². The second-order valence-electron chi connectivity index (χ2n) is 7.19. The van der Waals surface area contributed by atoms with Crippen LogP contribution in [-0.2, 0) is 25.9 Å². The molecule has 1 aliphatic carbocycles. The molecule has 140 valence electrons. The van der Waals surface area contributed by atoms with Crippen LogP contribution in [0.4, 0.5) is 0 Å². The summed E-state index contributed by atoms with van der Waals surface area (Å²) in [7, 11) is 0. The maximum Gasteiger partial charge on any atom is 0.274 e. The van der Waals surface area contributed by atoms with Crippen LogP contribution in [0.15, 0.2) is 11.6 Å². The third kappa shape index (κ3) is 3.55. The van der Waals surface area contributed by atoms with Crippen LogP contribution in [0.2, 0.25) is 0 Å². The quantitative estimate of drug-likeness (QED) is 0.875. The number of thiazole rings is 1. The first-order valence-corrected chi connectivity index (χ1v) is 10.6. The van der Waals surface area contributed by atoms with Gasteiger partial charge in [0.15, 0.2) is 5.69 Å². The van der Waals surface area contributed by atoms with Crippen molar-refractivity contribution in [1.29, 1.82) is 0 Å². The van der Waals surface area contributed by atoms with E-state index in [9.17, 15) is 4.79 Å². The summed E-state index contributed by atoms with van der Waals surface area (Å²) in [5, 5.41) is 11.5. The molecular formula is C19H27N5OS. The number of likely N-dealkylation sites (tertiary alicyclic amines) is 1. The van der Waals surface area contributed by atoms with E-state index in [0.29, 0.717) is 11.7 Å². The molecule has 1 fully saturated rings. The van der Waals surface area contributed by atoms with Crippen LogP contribution in [0.3, 0.4) is 0 Å². The molecule has 6 nitrogen and oxygen atoms in total. The van der Waals surface area contributed by atoms with Gasteiger partial charge in [0.2, 0.25) is 0 Å². The molecule has 0 aromatic carbocycles. The first kappa shape index (κ1) is 17.7. The van der Waals surface area contributed by atoms with Crippen molar-refractivity contribution in [2.45, 2.75) is 64.6 Å². The van der Waals surface area contributed by atoms with Gasteiger partial charge in [-0.2, -0.15) is 5.10 Å². The van der Waals surface area contributed by atoms with Crippen LogP contribution in [-0.4, -0.2) is 44.7 Å². The SMILES string of the molecule is CCn1nc(C(=O)N2CCCCC2)c2c1CC[C@@H](NCc1nccs1)C2. The first-order valence-electron chi connectivity index (χ1n) is 9.76. The Hall–Kier alpha value is -1.73. The highest BCUT2D eigenvalue weighted by molar-refractivity contribution is 7.09. The Morgan fingerprint density at radius 3 is 2.92 bits per heavy atom. The van der Waals surface area contributed by atoms with Crippen molar-refractivity contribution < 1.29 is 4.79 Å². The summed E-state index contributed by atoms with van der Waals surface area (Å²) in [6.45, 7) is 5.48. The van der Waals surface area contributed by atoms with Crippen molar-refractivity contribution in [2.75, 3.05) is 13.1 Å². The Bertz CT molecular complexity index is 748. The predicted octanol–water partition coefficient (Wildman–Crippen LogP) is 2.63. The molecular weight excluding hydrogens is 346 g/mol. The summed E-state index contributed by atoms with van der Waals surface area (Å²) in [4.78, 5) is 19.4. The second kappa shape index (κ2) is 7.88. The minimum absolute atomic E-state index is 0.133. The molecule has 3 heterocycles. The maximum atomic E-state index is 13.1. The summed E-state index contributed by atoms with van der Waals surface area (Å²) >= 11 is 1.68. The number of nitrogens with zero attached hydrogens (tertiary/aromatic N) is 4. The molecule has 2 aromatic heterocycles. The minimum atomic E-state index is 0.133. The third-order valence-electron chi connectivity index (χ3n) is 5.52. The highest BCUT2D eigenvalue weighted by atomic mass is 32.1. The molecule has 0 unspecified atom stereocenters. The molecule has 1 atom stereocenters. The molecule has 7 heteroatoms. The van der Waals surface area contributed by atoms with Gasteiger partial charge < -0.3 is 10.2 Å². The molecule has 1 aliphatic heterocycles. The summed E-state index contributed by atoms with van der Waals surface area (Å²) in [5.41, 5.74) is 3.13. The van der Waals surface area contributed by atoms with Gasteiger partial charge in [-0.1, -0.05) is 0 Å². The number of aryl methyl sites for hydroxylation is 1. The predicted molar refractivity (Wildman–Crippen MR) is 102 cm³/mol. The van der Waals surface area contributed by atoms with E-state index >= 15 is 0 Å². The van der Waals surface area contributed by atoms with Gasteiger partial charge in [0.05, 0.1) is 0 Å². The summed E-state index contributed by atoms with van der Waals surface area (Å²) in [6, 6.07) is 0.383. The largest absolute Gasteiger partial charge is 0.337 e. The van der Waals surface area contributed by atoms with Crippen molar-refractivity contribution in [3.8, 4) is 0 Å². The minimum Gasteiger partial charge on any atom is -0.337 e. The van der Waals surface area contributed by atoms with Gasteiger partial charge in [-0.05, 0) is 45.4 Å². The van der Waals surface area contributed by atoms with E-state index in [1.54, 1.807) is 11.3 Å². The van der Waals surface area contributed by atoms with E-state index in [1.165, 1.54) is 17.7 Å². The van der Waals surface area contributed by atoms with Crippen molar-refractivity contribution in [2.24, 2.45) is 0 Å². The van der Waals surface area contributed by atoms with Crippen molar-refractivity contribution in [1.82, 2.24) is 25.0 Å². The van der Waals surface area contributed by atoms with Gasteiger partial charge in [-0.3, -0.25) is 9.48 Å². The number of hydrogen-bond acceptors (Lipinski definition) is 5. The van der Waals surface area contributed by atoms with E-state index < -0.39 is 0 Å². The molecule has 26 heavy (non-hydrogen) atoms. The lowest BCUT2D eigenvalue weighted by Gasteiger charge is -2.27. The third-order valence-corrected chi connectivity index (χ3v) is 6.30. The molecule has 1 N–H and O–H groups in total. The van der Waals surface area contributed by atoms with Crippen LogP contribution in [0, 0.1) is 0 Å². The lowest BCUT2D eigenvalue weighted by atomic mass is 9.91. The Kier molecular flexibility index (Phi) is 5.36. The van der Waals surface area contributed by atoms with Gasteiger partial charge in [0, 0.05) is 55.1 Å². The van der Waals surface area contributed by atoms with Gasteiger partial charge in [0.1, 0.15) is 5.01 Å². The molecule has 0 radical (unpaired) electrons. The number of carbonyl (C=O) groups is 1. The van der Waals surface area contributed by atoms with Crippen LogP contribution >= 0.6 is 11.3 Å². The zero-order chi connectivity index (χ0) is 17.9. The number of fused-ring (bicyclic) bond motifs is 1. The van der Waals surface area contributed by atoms with Gasteiger partial charge >= 0.3 is 0 Å². The highest BCUT2D eigenvalue weighted by Crippen LogP contribution is 2.27. The van der Waals surface area contributed by atoms with Crippen LogP contribution < -0.4 is 5.32 Å². The smallest absolute Gasteiger partial charge is 0.274 e. The van der Waals surface area contributed by atoms with Gasteiger partial charge in [0.25, 0.3) is 5.91 Å². The Morgan fingerprint density at radius 1 is 1.35 bits per heavy atom. The maximum absolute atomic E-state index is 13.1. The van der Waals surface area contributed by atoms with Crippen molar-refractivity contribution >= 4 is 17.2 Å². The Balaban J connectivity index is 1.51. The molecule has 1 amide bonds. The number of carbonyl (C=O) groups excluding carboxylic acids is 1. The lowest BCUT2D eigenvalue weighted by molar-refractivity contribution is 0.0716. The molecule has 0 spiro atoms. The van der Waals surface area contributed by atoms with Crippen LogP contribution in [0.25, 0.3) is 0 Å². The van der Waals surface area contributed by atoms with Crippen LogP contribution in [0.5, 0.6) is 0 Å². The molecule has 4 rings (SSSR count). The summed E-state index contributed by atoms with van der Waals surface area (Å²) in [6.07, 6.45) is 8.26. The number of amides is 1. The highest BCUT2D eigenvalue weighted by Gasteiger charge is 2.31. The number of rotatable bonds is 5. The zero-order valence-electron chi connectivity index (χ0n) is 15.4. The first-order chi connectivity index (χ1) is 12.8. The van der Waals surface area contributed by atoms with E-state index in [4.69, 9.17) is 5.10 Å². The zero-order valence-corrected chi connectivity index (χ0v) is 16.2. The molecule has 2 aromatic rings. The van der Waals surface area contributed by atoms with Crippen molar-refractivity contribution in [3.63, 3.8) is 0 Å². The fraction of sp³-hybridized carbons (Fsp3) is 0.632. The van der Waals surface area contributed by atoms with Crippen molar-refractivity contribution in [3.05, 3.63) is 33.5 Å². The van der Waals surface area contributed by atoms with Crippen LogP contribution in [0.1, 0.15) is 59.4 Å². The van der Waals surface area contributed by atoms with Gasteiger partial charge in [-0.25, -0.2) is 4.98 Å². The average molecular weight is 374 g/mol. The fourth-order valence-electron chi connectivity index (χ4n) is 4.11. The Morgan fingerprint density at radius 2 is 2.19 bits per heavy atom. The number of nitrogens with one attached hydrogen (secondary N) is 1. The van der Waals surface area contributed by atoms with E-state index in [-0.39, 0.29) is 5.91 Å². The molecule has 1 saturated heterocycles. The van der Waals surface area contributed by atoms with E-state index in [1.807, 2.05) is 21.2 Å². The van der Waals surface area contributed by atoms with Gasteiger partial charge in [-0.15, -0.1) is 11.3 Å². The monoisotopic (exact) mass is 373 g/mol. The normalized spacial score (nSPS) is 20.2. The number of hydrogen-bond donors (Lipinski definition) is 1. The standard InChI is InChI=1S/C19H27N5OS/c1-2-24-16-7-6-14(21-13-17-20-8-11-26-17)12-15(16)18(22-24)19(25)23-9-4-3-5-10-23/h8,11,14,21H,2-7,9-10,12-13H2,1H3/t14-/m1/s1. The number of aromatic nitrogens is 3.